The van der Waals surface area contributed by atoms with Gasteiger partial charge in [0, 0.05) is 25.4 Å². The summed E-state index contributed by atoms with van der Waals surface area (Å²) in [6.45, 7) is 8.79. The number of carbonyl (C=O) groups is 2. The van der Waals surface area contributed by atoms with Crippen molar-refractivity contribution in [2.45, 2.75) is 66.2 Å². The number of hydrogen-bond donors (Lipinski definition) is 1. The van der Waals surface area contributed by atoms with Gasteiger partial charge < -0.3 is 0 Å². The zero-order valence-electron chi connectivity index (χ0n) is 16.7. The van der Waals surface area contributed by atoms with Gasteiger partial charge >= 0.3 is 0 Å². The quantitative estimate of drug-likeness (QED) is 0.432. The molecule has 0 radical (unpaired) electrons. The molecule has 1 fully saturated rings. The standard InChI is InChI=1S/C18H34N2O5S/c1-14(2)8-6-10-19-16(21)12-15(17(19)22)13-18(3,4)9-7-11-20(23)26(5,24)25/h14-15,23H,6-13H2,1-5H3. The molecule has 1 rings (SSSR count). The summed E-state index contributed by atoms with van der Waals surface area (Å²) in [6, 6.07) is 0. The van der Waals surface area contributed by atoms with E-state index < -0.39 is 10.0 Å². The molecule has 1 heterocycles. The monoisotopic (exact) mass is 390 g/mol. The minimum atomic E-state index is -3.60. The van der Waals surface area contributed by atoms with Crippen molar-refractivity contribution >= 4 is 21.8 Å². The summed E-state index contributed by atoms with van der Waals surface area (Å²) in [7, 11) is -3.60. The van der Waals surface area contributed by atoms with E-state index in [1.165, 1.54) is 4.90 Å². The van der Waals surface area contributed by atoms with Gasteiger partial charge in [0.05, 0.1) is 6.26 Å². The van der Waals surface area contributed by atoms with E-state index in [1.807, 2.05) is 13.8 Å². The SMILES string of the molecule is CC(C)CCCN1C(=O)CC(CC(C)(C)CCCN(O)S(C)(=O)=O)C1=O. The average Bonchev–Trinajstić information content (AvgIpc) is 2.72. The summed E-state index contributed by atoms with van der Waals surface area (Å²) < 4.78 is 22.7. The molecule has 1 N–H and O–H groups in total. The molecule has 1 atom stereocenters. The molecule has 1 aliphatic rings. The Kier molecular flexibility index (Phi) is 8.23. The Morgan fingerprint density at radius 2 is 1.88 bits per heavy atom. The van der Waals surface area contributed by atoms with Crippen LogP contribution in [-0.4, -0.2) is 54.2 Å². The lowest BCUT2D eigenvalue weighted by molar-refractivity contribution is -0.139. The Labute approximate surface area is 157 Å². The number of nitrogens with zero attached hydrogens (tertiary/aromatic N) is 2. The van der Waals surface area contributed by atoms with Crippen LogP contribution in [0.4, 0.5) is 0 Å². The van der Waals surface area contributed by atoms with E-state index >= 15 is 0 Å². The topological polar surface area (TPSA) is 95.0 Å². The van der Waals surface area contributed by atoms with Gasteiger partial charge in [-0.15, -0.1) is 0 Å². The van der Waals surface area contributed by atoms with Crippen molar-refractivity contribution < 1.29 is 23.2 Å². The molecule has 1 unspecified atom stereocenters. The molecule has 0 spiro atoms. The zero-order valence-corrected chi connectivity index (χ0v) is 17.5. The van der Waals surface area contributed by atoms with Gasteiger partial charge in [0.1, 0.15) is 0 Å². The number of amides is 2. The Balaban J connectivity index is 2.51. The molecule has 0 saturated carbocycles. The number of imide groups is 1. The second kappa shape index (κ2) is 9.28. The maximum atomic E-state index is 12.6. The molecule has 7 nitrogen and oxygen atoms in total. The molecule has 1 aliphatic heterocycles. The Morgan fingerprint density at radius 1 is 1.27 bits per heavy atom. The number of likely N-dealkylation sites (tertiary alicyclic amines) is 1. The van der Waals surface area contributed by atoms with Gasteiger partial charge in [-0.1, -0.05) is 32.2 Å². The molecular formula is C18H34N2O5S. The zero-order chi connectivity index (χ0) is 20.1. The third-order valence-electron chi connectivity index (χ3n) is 4.89. The van der Waals surface area contributed by atoms with Gasteiger partial charge in [0.15, 0.2) is 0 Å². The van der Waals surface area contributed by atoms with Crippen molar-refractivity contribution in [3.05, 3.63) is 0 Å². The molecular weight excluding hydrogens is 356 g/mol. The minimum absolute atomic E-state index is 0.0289. The van der Waals surface area contributed by atoms with Crippen molar-refractivity contribution in [3.63, 3.8) is 0 Å². The molecule has 152 valence electrons. The first-order valence-electron chi connectivity index (χ1n) is 9.34. The number of hydroxylamine groups is 1. The fourth-order valence-corrected chi connectivity index (χ4v) is 3.89. The second-order valence-corrected chi connectivity index (χ2v) is 10.5. The highest BCUT2D eigenvalue weighted by Gasteiger charge is 2.40. The van der Waals surface area contributed by atoms with E-state index in [0.29, 0.717) is 36.2 Å². The van der Waals surface area contributed by atoms with Crippen LogP contribution in [0.5, 0.6) is 0 Å². The van der Waals surface area contributed by atoms with Crippen molar-refractivity contribution in [2.24, 2.45) is 17.3 Å². The van der Waals surface area contributed by atoms with Crippen LogP contribution in [0.15, 0.2) is 0 Å². The normalized spacial score (nSPS) is 19.2. The Bertz CT molecular complexity index is 601. The molecule has 0 aliphatic carbocycles. The van der Waals surface area contributed by atoms with Gasteiger partial charge in [-0.25, -0.2) is 8.42 Å². The van der Waals surface area contributed by atoms with Crippen LogP contribution in [-0.2, 0) is 19.6 Å². The lowest BCUT2D eigenvalue weighted by Gasteiger charge is -2.27. The largest absolute Gasteiger partial charge is 0.299 e. The van der Waals surface area contributed by atoms with Crippen LogP contribution < -0.4 is 0 Å². The first kappa shape index (κ1) is 23.0. The highest BCUT2D eigenvalue weighted by molar-refractivity contribution is 7.88. The molecule has 0 aromatic carbocycles. The summed E-state index contributed by atoms with van der Waals surface area (Å²) in [4.78, 5) is 26.1. The number of sulfonamides is 1. The summed E-state index contributed by atoms with van der Waals surface area (Å²) in [5.41, 5.74) is -0.215. The van der Waals surface area contributed by atoms with Gasteiger partial charge in [0.25, 0.3) is 0 Å². The van der Waals surface area contributed by atoms with Gasteiger partial charge in [0.2, 0.25) is 21.8 Å². The van der Waals surface area contributed by atoms with E-state index in [0.717, 1.165) is 19.1 Å². The smallest absolute Gasteiger partial charge is 0.232 e. The van der Waals surface area contributed by atoms with Crippen LogP contribution in [0.2, 0.25) is 0 Å². The second-order valence-electron chi connectivity index (χ2n) is 8.60. The predicted molar refractivity (Wildman–Crippen MR) is 99.9 cm³/mol. The van der Waals surface area contributed by atoms with Gasteiger partial charge in [-0.3, -0.25) is 19.7 Å². The van der Waals surface area contributed by atoms with Crippen molar-refractivity contribution in [2.75, 3.05) is 19.3 Å². The van der Waals surface area contributed by atoms with Crippen LogP contribution in [0.25, 0.3) is 0 Å². The minimum Gasteiger partial charge on any atom is -0.299 e. The van der Waals surface area contributed by atoms with Crippen LogP contribution in [0.3, 0.4) is 0 Å². The summed E-state index contributed by atoms with van der Waals surface area (Å²) >= 11 is 0. The lowest BCUT2D eigenvalue weighted by atomic mass is 9.78. The van der Waals surface area contributed by atoms with Crippen molar-refractivity contribution in [1.82, 2.24) is 9.37 Å². The molecule has 0 aromatic rings. The van der Waals surface area contributed by atoms with E-state index in [1.54, 1.807) is 0 Å². The Morgan fingerprint density at radius 3 is 2.42 bits per heavy atom. The maximum absolute atomic E-state index is 12.6. The lowest BCUT2D eigenvalue weighted by Crippen LogP contribution is -2.33. The first-order chi connectivity index (χ1) is 11.8. The highest BCUT2D eigenvalue weighted by Crippen LogP contribution is 2.36. The van der Waals surface area contributed by atoms with Gasteiger partial charge in [-0.2, -0.15) is 0 Å². The van der Waals surface area contributed by atoms with Gasteiger partial charge in [-0.05, 0) is 43.4 Å². The first-order valence-corrected chi connectivity index (χ1v) is 11.2. The molecule has 8 heteroatoms. The summed E-state index contributed by atoms with van der Waals surface area (Å²) in [5.74, 6) is 0.0946. The molecule has 0 bridgehead atoms. The maximum Gasteiger partial charge on any atom is 0.232 e. The third-order valence-corrected chi connectivity index (χ3v) is 5.83. The molecule has 0 aromatic heterocycles. The van der Waals surface area contributed by atoms with Crippen LogP contribution in [0, 0.1) is 17.3 Å². The number of hydrogen-bond acceptors (Lipinski definition) is 5. The van der Waals surface area contributed by atoms with Crippen molar-refractivity contribution in [1.29, 1.82) is 0 Å². The average molecular weight is 391 g/mol. The predicted octanol–water partition coefficient (Wildman–Crippen LogP) is 2.65. The molecule has 1 saturated heterocycles. The van der Waals surface area contributed by atoms with E-state index in [-0.39, 0.29) is 36.1 Å². The summed E-state index contributed by atoms with van der Waals surface area (Å²) in [6.07, 6.45) is 4.78. The van der Waals surface area contributed by atoms with Crippen molar-refractivity contribution in [3.8, 4) is 0 Å². The highest BCUT2D eigenvalue weighted by atomic mass is 32.2. The third kappa shape index (κ3) is 7.32. The number of carbonyl (C=O) groups excluding carboxylic acids is 2. The molecule has 2 amide bonds. The molecule has 26 heavy (non-hydrogen) atoms. The van der Waals surface area contributed by atoms with Crippen LogP contribution >= 0.6 is 0 Å². The van der Waals surface area contributed by atoms with E-state index in [4.69, 9.17) is 0 Å². The fraction of sp³-hybridized carbons (Fsp3) is 0.889. The van der Waals surface area contributed by atoms with E-state index in [2.05, 4.69) is 13.8 Å². The number of rotatable bonds is 11. The fourth-order valence-electron chi connectivity index (χ4n) is 3.43. The van der Waals surface area contributed by atoms with E-state index in [9.17, 15) is 23.2 Å². The summed E-state index contributed by atoms with van der Waals surface area (Å²) in [5, 5.41) is 9.44. The van der Waals surface area contributed by atoms with Crippen LogP contribution in [0.1, 0.15) is 66.2 Å². The Hall–Kier alpha value is -0.990.